The van der Waals surface area contributed by atoms with Crippen LogP contribution in [0.4, 0.5) is 22.7 Å². The van der Waals surface area contributed by atoms with Crippen molar-refractivity contribution in [2.24, 2.45) is 0 Å². The van der Waals surface area contributed by atoms with Gasteiger partial charge in [-0.25, -0.2) is 0 Å². The standard InChI is InChI=1S/C26H36N4O3/c1-3-5-7-15-24(31)28-21-12-9-11-20(17-21)27-19-26(33)30-23-14-10-13-22(18-23)29-25(32)16-8-6-4-2/h9-14,17-18,27H,3-8,15-16,19H2,1-2H3,(H,28,31)(H,29,32)(H,30,33). The second kappa shape index (κ2) is 14.7. The summed E-state index contributed by atoms with van der Waals surface area (Å²) in [5, 5.41) is 11.7. The smallest absolute Gasteiger partial charge is 0.243 e. The van der Waals surface area contributed by atoms with Crippen LogP contribution in [0.15, 0.2) is 48.5 Å². The predicted molar refractivity (Wildman–Crippen MR) is 136 cm³/mol. The zero-order valence-electron chi connectivity index (χ0n) is 19.7. The number of hydrogen-bond acceptors (Lipinski definition) is 4. The first kappa shape index (κ1) is 25.9. The second-order valence-corrected chi connectivity index (χ2v) is 8.07. The van der Waals surface area contributed by atoms with Gasteiger partial charge in [0, 0.05) is 35.6 Å². The molecule has 0 aliphatic heterocycles. The normalized spacial score (nSPS) is 10.4. The molecule has 0 aromatic heterocycles. The number of nitrogens with one attached hydrogen (secondary N) is 4. The van der Waals surface area contributed by atoms with E-state index in [2.05, 4.69) is 35.1 Å². The first-order chi connectivity index (χ1) is 16.0. The minimum Gasteiger partial charge on any atom is -0.376 e. The molecule has 0 fully saturated rings. The van der Waals surface area contributed by atoms with E-state index in [1.54, 1.807) is 30.3 Å². The molecule has 0 heterocycles. The van der Waals surface area contributed by atoms with Crippen LogP contribution in [0.3, 0.4) is 0 Å². The van der Waals surface area contributed by atoms with Crippen molar-refractivity contribution >= 4 is 40.5 Å². The van der Waals surface area contributed by atoms with E-state index in [0.29, 0.717) is 29.9 Å². The maximum atomic E-state index is 12.4. The van der Waals surface area contributed by atoms with E-state index in [1.165, 1.54) is 0 Å². The molecule has 3 amide bonds. The molecule has 7 nitrogen and oxygen atoms in total. The van der Waals surface area contributed by atoms with Crippen molar-refractivity contribution in [1.29, 1.82) is 0 Å². The highest BCUT2D eigenvalue weighted by Crippen LogP contribution is 2.17. The van der Waals surface area contributed by atoms with Gasteiger partial charge in [0.15, 0.2) is 0 Å². The van der Waals surface area contributed by atoms with Gasteiger partial charge in [0.2, 0.25) is 17.7 Å². The third kappa shape index (κ3) is 10.7. The monoisotopic (exact) mass is 452 g/mol. The van der Waals surface area contributed by atoms with E-state index in [1.807, 2.05) is 18.2 Å². The number of rotatable bonds is 14. The fraction of sp³-hybridized carbons (Fsp3) is 0.423. The second-order valence-electron chi connectivity index (χ2n) is 8.07. The van der Waals surface area contributed by atoms with Gasteiger partial charge in [0.1, 0.15) is 0 Å². The number of anilines is 4. The molecule has 4 N–H and O–H groups in total. The summed E-state index contributed by atoms with van der Waals surface area (Å²) in [6, 6.07) is 14.4. The van der Waals surface area contributed by atoms with E-state index in [9.17, 15) is 14.4 Å². The van der Waals surface area contributed by atoms with Crippen molar-refractivity contribution in [2.45, 2.75) is 65.2 Å². The van der Waals surface area contributed by atoms with Crippen LogP contribution in [-0.4, -0.2) is 24.3 Å². The van der Waals surface area contributed by atoms with Crippen molar-refractivity contribution in [1.82, 2.24) is 0 Å². The number of unbranched alkanes of at least 4 members (excludes halogenated alkanes) is 4. The van der Waals surface area contributed by atoms with Gasteiger partial charge < -0.3 is 21.3 Å². The van der Waals surface area contributed by atoms with Gasteiger partial charge in [-0.15, -0.1) is 0 Å². The molecule has 2 aromatic rings. The van der Waals surface area contributed by atoms with Crippen molar-refractivity contribution in [3.8, 4) is 0 Å². The third-order valence-corrected chi connectivity index (χ3v) is 5.04. The first-order valence-corrected chi connectivity index (χ1v) is 11.8. The Hall–Kier alpha value is -3.35. The van der Waals surface area contributed by atoms with E-state index in [4.69, 9.17) is 0 Å². The molecule has 2 aromatic carbocycles. The quantitative estimate of drug-likeness (QED) is 0.273. The lowest BCUT2D eigenvalue weighted by Crippen LogP contribution is -2.22. The highest BCUT2D eigenvalue weighted by molar-refractivity contribution is 5.96. The average molecular weight is 453 g/mol. The van der Waals surface area contributed by atoms with Crippen molar-refractivity contribution < 1.29 is 14.4 Å². The Morgan fingerprint density at radius 1 is 0.606 bits per heavy atom. The predicted octanol–water partition coefficient (Wildman–Crippen LogP) is 5.77. The molecular formula is C26H36N4O3. The van der Waals surface area contributed by atoms with E-state index in [-0.39, 0.29) is 24.3 Å². The zero-order chi connectivity index (χ0) is 23.9. The lowest BCUT2D eigenvalue weighted by atomic mass is 10.2. The van der Waals surface area contributed by atoms with Crippen LogP contribution in [0.2, 0.25) is 0 Å². The highest BCUT2D eigenvalue weighted by Gasteiger charge is 2.07. The molecule has 2 rings (SSSR count). The van der Waals surface area contributed by atoms with Crippen LogP contribution < -0.4 is 21.3 Å². The van der Waals surface area contributed by atoms with Gasteiger partial charge in [-0.1, -0.05) is 51.7 Å². The molecular weight excluding hydrogens is 416 g/mol. The van der Waals surface area contributed by atoms with Gasteiger partial charge in [0.05, 0.1) is 6.54 Å². The number of benzene rings is 2. The molecule has 0 atom stereocenters. The Kier molecular flexibility index (Phi) is 11.5. The molecule has 0 spiro atoms. The maximum absolute atomic E-state index is 12.4. The van der Waals surface area contributed by atoms with Crippen LogP contribution in [0.5, 0.6) is 0 Å². The lowest BCUT2D eigenvalue weighted by Gasteiger charge is -2.11. The van der Waals surface area contributed by atoms with Crippen molar-refractivity contribution in [2.75, 3.05) is 27.8 Å². The fourth-order valence-electron chi connectivity index (χ4n) is 3.29. The Balaban J connectivity index is 1.81. The fourth-order valence-corrected chi connectivity index (χ4v) is 3.29. The van der Waals surface area contributed by atoms with Crippen LogP contribution in [-0.2, 0) is 14.4 Å². The minimum absolute atomic E-state index is 0.00400. The summed E-state index contributed by atoms with van der Waals surface area (Å²) >= 11 is 0. The van der Waals surface area contributed by atoms with Gasteiger partial charge in [-0.3, -0.25) is 14.4 Å². The summed E-state index contributed by atoms with van der Waals surface area (Å²) in [6.45, 7) is 4.28. The summed E-state index contributed by atoms with van der Waals surface area (Å²) in [4.78, 5) is 36.4. The third-order valence-electron chi connectivity index (χ3n) is 5.04. The van der Waals surface area contributed by atoms with Gasteiger partial charge in [-0.2, -0.15) is 0 Å². The molecule has 0 radical (unpaired) electrons. The van der Waals surface area contributed by atoms with Gasteiger partial charge in [0.25, 0.3) is 0 Å². The SMILES string of the molecule is CCCCCC(=O)Nc1cccc(NCC(=O)Nc2cccc(NC(=O)CCCCC)c2)c1. The molecule has 0 unspecified atom stereocenters. The van der Waals surface area contributed by atoms with E-state index < -0.39 is 0 Å². The number of carbonyl (C=O) groups is 3. The van der Waals surface area contributed by atoms with E-state index in [0.717, 1.165) is 44.2 Å². The summed E-state index contributed by atoms with van der Waals surface area (Å²) in [5.41, 5.74) is 2.71. The largest absolute Gasteiger partial charge is 0.376 e. The molecule has 33 heavy (non-hydrogen) atoms. The van der Waals surface area contributed by atoms with Crippen molar-refractivity contribution in [3.05, 3.63) is 48.5 Å². The summed E-state index contributed by atoms with van der Waals surface area (Å²) < 4.78 is 0. The lowest BCUT2D eigenvalue weighted by molar-refractivity contribution is -0.117. The first-order valence-electron chi connectivity index (χ1n) is 11.8. The molecule has 7 heteroatoms. The Morgan fingerprint density at radius 2 is 1.03 bits per heavy atom. The minimum atomic E-state index is -0.213. The van der Waals surface area contributed by atoms with Crippen molar-refractivity contribution in [3.63, 3.8) is 0 Å². The molecule has 0 saturated carbocycles. The maximum Gasteiger partial charge on any atom is 0.243 e. The summed E-state index contributed by atoms with van der Waals surface area (Å²) in [7, 11) is 0. The molecule has 0 aliphatic carbocycles. The molecule has 178 valence electrons. The topological polar surface area (TPSA) is 99.3 Å². The van der Waals surface area contributed by atoms with Gasteiger partial charge in [-0.05, 0) is 49.2 Å². The van der Waals surface area contributed by atoms with Crippen LogP contribution in [0.25, 0.3) is 0 Å². The van der Waals surface area contributed by atoms with Crippen LogP contribution in [0.1, 0.15) is 65.2 Å². The van der Waals surface area contributed by atoms with Crippen LogP contribution in [0, 0.1) is 0 Å². The van der Waals surface area contributed by atoms with Crippen LogP contribution >= 0.6 is 0 Å². The average Bonchev–Trinajstić information content (AvgIpc) is 2.78. The molecule has 0 aliphatic rings. The Morgan fingerprint density at radius 3 is 1.52 bits per heavy atom. The van der Waals surface area contributed by atoms with E-state index >= 15 is 0 Å². The number of carbonyl (C=O) groups excluding carboxylic acids is 3. The van der Waals surface area contributed by atoms with Gasteiger partial charge >= 0.3 is 0 Å². The Labute approximate surface area is 196 Å². The number of hydrogen-bond donors (Lipinski definition) is 4. The summed E-state index contributed by atoms with van der Waals surface area (Å²) in [5.74, 6) is -0.239. The molecule has 0 saturated heterocycles. The Bertz CT molecular complexity index is 914. The number of amides is 3. The zero-order valence-corrected chi connectivity index (χ0v) is 19.7. The highest BCUT2D eigenvalue weighted by atomic mass is 16.2. The summed E-state index contributed by atoms with van der Waals surface area (Å²) in [6.07, 6.45) is 6.97. The molecule has 0 bridgehead atoms.